The maximum atomic E-state index is 10.6. The number of aldehydes is 1. The number of rotatable bonds is 22. The fraction of sp³-hybridized carbons (Fsp3) is 0.462. The van der Waals surface area contributed by atoms with E-state index < -0.39 is 5.97 Å². The van der Waals surface area contributed by atoms with Crippen LogP contribution >= 0.6 is 23.2 Å². The second kappa shape index (κ2) is 53.1. The van der Waals surface area contributed by atoms with E-state index in [9.17, 15) is 9.59 Å². The fourth-order valence-electron chi connectivity index (χ4n) is 9.94. The van der Waals surface area contributed by atoms with Gasteiger partial charge in [-0.1, -0.05) is 314 Å². The van der Waals surface area contributed by atoms with Crippen LogP contribution in [0.2, 0.25) is 0 Å². The average molecular weight is 1420 g/mol. The van der Waals surface area contributed by atoms with Crippen molar-refractivity contribution < 1.29 is 19.8 Å². The van der Waals surface area contributed by atoms with Gasteiger partial charge in [-0.05, 0) is 209 Å². The first-order valence-corrected chi connectivity index (χ1v) is 38.6. The summed E-state index contributed by atoms with van der Waals surface area (Å²) < 4.78 is 0. The molecule has 6 nitrogen and oxygen atoms in total. The van der Waals surface area contributed by atoms with E-state index >= 15 is 0 Å². The van der Waals surface area contributed by atoms with Crippen molar-refractivity contribution in [2.75, 3.05) is 26.2 Å². The van der Waals surface area contributed by atoms with Crippen LogP contribution in [0, 0.1) is 0 Å². The van der Waals surface area contributed by atoms with Crippen LogP contribution in [0.1, 0.15) is 319 Å². The van der Waals surface area contributed by atoms with Crippen LogP contribution in [-0.4, -0.2) is 47.8 Å². The highest BCUT2D eigenvalue weighted by Crippen LogP contribution is 2.28. The number of hydrogen-bond donors (Lipinski definition) is 3. The summed E-state index contributed by atoms with van der Waals surface area (Å²) in [5, 5.41) is 17.5. The summed E-state index contributed by atoms with van der Waals surface area (Å²) >= 11 is 10.3. The van der Waals surface area contributed by atoms with E-state index in [-0.39, 0.29) is 12.0 Å². The molecule has 0 saturated heterocycles. The summed E-state index contributed by atoms with van der Waals surface area (Å²) in [6, 6.07) is 68.5. The second-order valence-electron chi connectivity index (χ2n) is 28.8. The lowest BCUT2D eigenvalue weighted by Crippen LogP contribution is -2.14. The normalized spacial score (nSPS) is 12.7. The van der Waals surface area contributed by atoms with Crippen molar-refractivity contribution in [2.45, 2.75) is 261 Å². The third kappa shape index (κ3) is 38.3. The van der Waals surface area contributed by atoms with Gasteiger partial charge in [0.2, 0.25) is 0 Å². The smallest absolute Gasteiger partial charge is 0.335 e. The van der Waals surface area contributed by atoms with Crippen LogP contribution in [0.25, 0.3) is 0 Å². The van der Waals surface area contributed by atoms with Gasteiger partial charge in [-0.25, -0.2) is 4.79 Å². The molecule has 101 heavy (non-hydrogen) atoms. The Morgan fingerprint density at radius 3 is 0.980 bits per heavy atom. The van der Waals surface area contributed by atoms with Gasteiger partial charge in [-0.2, -0.15) is 0 Å². The first-order valence-electron chi connectivity index (χ1n) is 37.3. The predicted octanol–water partition coefficient (Wildman–Crippen LogP) is 27.3. The number of nitrogen functional groups attached to an aromatic ring is 1. The van der Waals surface area contributed by atoms with Crippen molar-refractivity contribution in [2.24, 2.45) is 0 Å². The van der Waals surface area contributed by atoms with Gasteiger partial charge in [0.05, 0.1) is 12.2 Å². The molecule has 7 unspecified atom stereocenters. The Bertz CT molecular complexity index is 3270. The maximum absolute atomic E-state index is 10.6. The summed E-state index contributed by atoms with van der Waals surface area (Å²) in [4.78, 5) is 23.1. The first kappa shape index (κ1) is 94.2. The highest BCUT2D eigenvalue weighted by Gasteiger charge is 2.17. The number of halogens is 2. The Hall–Kier alpha value is -6.80. The summed E-state index contributed by atoms with van der Waals surface area (Å²) in [7, 11) is 4.20. The molecular formula is C93H136Cl2N2O4. The van der Waals surface area contributed by atoms with Crippen molar-refractivity contribution in [3.63, 3.8) is 0 Å². The summed E-state index contributed by atoms with van der Waals surface area (Å²) in [6.45, 7) is 45.6. The number of carbonyl (C=O) groups is 2. The Balaban J connectivity index is 0.00000113. The monoisotopic (exact) mass is 1410 g/mol. The molecule has 0 amide bonds. The zero-order valence-electron chi connectivity index (χ0n) is 66.9. The van der Waals surface area contributed by atoms with Crippen molar-refractivity contribution in [3.8, 4) is 0 Å². The van der Waals surface area contributed by atoms with Crippen molar-refractivity contribution in [3.05, 3.63) is 278 Å². The van der Waals surface area contributed by atoms with E-state index in [2.05, 4.69) is 296 Å². The molecule has 8 aromatic rings. The average Bonchev–Trinajstić information content (AvgIpc) is 0.862. The Labute approximate surface area is 627 Å². The molecule has 4 N–H and O–H groups in total. The van der Waals surface area contributed by atoms with Crippen LogP contribution in [-0.2, 0) is 29.9 Å². The number of anilines is 1. The highest BCUT2D eigenvalue weighted by atomic mass is 35.5. The minimum absolute atomic E-state index is 0.140. The number of aliphatic hydroxyl groups is 1. The zero-order chi connectivity index (χ0) is 76.7. The van der Waals surface area contributed by atoms with Crippen LogP contribution in [0.4, 0.5) is 5.69 Å². The molecule has 7 atom stereocenters. The SMILES string of the molecule is CCC(C)(C)c1ccccc1.CCC(C)c1ccc(C(=O)O)cc1.CCC(C)c1ccc(C(C)(C)C)cc1.CCC(C)c1ccc(C=O)cc1.CCC(C)c1ccc(CCl)cc1.CCC(C)c1ccc(CN(C)C)cc1.CCC(C)c1ccc(CO)cc1.CCC(C)c1ccc(N)cc1.CCl. The summed E-state index contributed by atoms with van der Waals surface area (Å²) in [5.41, 5.74) is 24.1. The topological polar surface area (TPSA) is 104 Å². The largest absolute Gasteiger partial charge is 0.478 e. The number of aromatic carboxylic acids is 1. The van der Waals surface area contributed by atoms with Gasteiger partial charge in [-0.3, -0.25) is 4.79 Å². The van der Waals surface area contributed by atoms with Crippen LogP contribution < -0.4 is 5.73 Å². The number of benzene rings is 8. The number of nitrogens with two attached hydrogens (primary N) is 1. The molecule has 0 aliphatic heterocycles. The maximum Gasteiger partial charge on any atom is 0.335 e. The molecule has 8 rings (SSSR count). The van der Waals surface area contributed by atoms with E-state index in [4.69, 9.17) is 27.5 Å². The number of alkyl halides is 2. The van der Waals surface area contributed by atoms with E-state index in [0.717, 1.165) is 42.5 Å². The van der Waals surface area contributed by atoms with E-state index in [0.29, 0.717) is 58.3 Å². The highest BCUT2D eigenvalue weighted by molar-refractivity contribution is 6.17. The van der Waals surface area contributed by atoms with Gasteiger partial charge >= 0.3 is 5.97 Å². The minimum Gasteiger partial charge on any atom is -0.478 e. The lowest BCUT2D eigenvalue weighted by atomic mass is 9.82. The predicted molar refractivity (Wildman–Crippen MR) is 446 cm³/mol. The lowest BCUT2D eigenvalue weighted by molar-refractivity contribution is 0.0696. The Morgan fingerprint density at radius 1 is 0.426 bits per heavy atom. The number of nitrogens with zero attached hydrogens (tertiary/aromatic N) is 1. The lowest BCUT2D eigenvalue weighted by Gasteiger charge is -2.22. The van der Waals surface area contributed by atoms with Gasteiger partial charge in [0.15, 0.2) is 0 Å². The molecule has 0 radical (unpaired) electrons. The van der Waals surface area contributed by atoms with Crippen LogP contribution in [0.5, 0.6) is 0 Å². The van der Waals surface area contributed by atoms with Gasteiger partial charge < -0.3 is 20.8 Å². The van der Waals surface area contributed by atoms with E-state index in [1.54, 1.807) is 12.1 Å². The second-order valence-corrected chi connectivity index (χ2v) is 29.0. The molecule has 0 aliphatic rings. The number of aliphatic hydroxyl groups excluding tert-OH is 1. The Morgan fingerprint density at radius 2 is 0.713 bits per heavy atom. The third-order valence-electron chi connectivity index (χ3n) is 19.4. The molecule has 0 aliphatic carbocycles. The van der Waals surface area contributed by atoms with E-state index in [1.807, 2.05) is 60.7 Å². The molecule has 0 bridgehead atoms. The molecule has 556 valence electrons. The summed E-state index contributed by atoms with van der Waals surface area (Å²) in [5.74, 6) is 4.14. The van der Waals surface area contributed by atoms with Gasteiger partial charge in [0.1, 0.15) is 6.29 Å². The van der Waals surface area contributed by atoms with Gasteiger partial charge in [0.25, 0.3) is 0 Å². The van der Waals surface area contributed by atoms with Gasteiger partial charge in [-0.15, -0.1) is 23.2 Å². The molecule has 0 fully saturated rings. The van der Waals surface area contributed by atoms with Gasteiger partial charge in [0, 0.05) is 30.1 Å². The van der Waals surface area contributed by atoms with E-state index in [1.165, 1.54) is 106 Å². The molecule has 0 saturated carbocycles. The number of carboxylic acid groups (broad SMARTS) is 1. The molecule has 0 spiro atoms. The first-order chi connectivity index (χ1) is 48.0. The van der Waals surface area contributed by atoms with Crippen molar-refractivity contribution in [1.82, 2.24) is 4.90 Å². The standard InChI is InChI=1S/C14H22.C13H21N.C11H15Cl.C11H14O2.C11H16O.C11H14O.C11H16.C10H15N.CH3Cl/c1-6-11(2)12-7-9-13(10-8-12)14(3,4)5;1-5-11(2)13-8-6-12(7-9-13)10-14(3)4;1-3-9(2)11-6-4-10(8-12)5-7-11;1-3-8(2)9-4-6-10(7-5-9)11(12)13;2*1-3-9(2)11-6-4-10(8-12)5-7-11;1-4-11(2,3)10-8-6-5-7-9-10;1-3-8(2)9-4-6-10(11)7-5-9;1-2/h7-11H,6H2,1-5H3;6-9,11H,5,10H2,1-4H3;4-7,9H,3,8H2,1-2H3;4-8H,3H2,1-2H3,(H,12,13);4-7,9,12H,3,8H2,1-2H3;4-9H,3H2,1-2H3;5-9H,4H2,1-3H3;4-8H,3,11H2,1-2H3;1H3. The third-order valence-corrected chi connectivity index (χ3v) is 19.7. The molecular weight excluding hydrogens is 1280 g/mol. The zero-order valence-corrected chi connectivity index (χ0v) is 68.5. The van der Waals surface area contributed by atoms with Crippen molar-refractivity contribution >= 4 is 41.1 Å². The number of carboxylic acids is 1. The van der Waals surface area contributed by atoms with Crippen molar-refractivity contribution in [1.29, 1.82) is 0 Å². The molecule has 8 heteroatoms. The number of carbonyl (C=O) groups excluding carboxylic acids is 1. The summed E-state index contributed by atoms with van der Waals surface area (Å²) in [6.07, 6.45) is 11.7. The quantitative estimate of drug-likeness (QED) is 0.0355. The molecule has 0 heterocycles. The fourth-order valence-corrected chi connectivity index (χ4v) is 10.1. The van der Waals surface area contributed by atoms with Crippen LogP contribution in [0.3, 0.4) is 0 Å². The Kier molecular flexibility index (Phi) is 49.5. The minimum atomic E-state index is -0.865. The number of hydrogen-bond acceptors (Lipinski definition) is 5. The molecule has 8 aromatic carbocycles. The van der Waals surface area contributed by atoms with Crippen LogP contribution in [0.15, 0.2) is 200 Å². The molecule has 0 aromatic heterocycles.